The molecule has 0 fully saturated rings. The number of nitrogens with zero attached hydrogens (tertiary/aromatic N) is 3. The Morgan fingerprint density at radius 1 is 0.871 bits per heavy atom. The van der Waals surface area contributed by atoms with Crippen molar-refractivity contribution in [3.05, 3.63) is 90.5 Å². The summed E-state index contributed by atoms with van der Waals surface area (Å²) >= 11 is 0. The quantitative estimate of drug-likeness (QED) is 0.659. The Morgan fingerprint density at radius 3 is 1.94 bits per heavy atom. The molecule has 3 aromatic rings. The predicted molar refractivity (Wildman–Crippen MR) is 113 cm³/mol. The molecular weight excluding hydrogens is 407 g/mol. The van der Waals surface area contributed by atoms with Crippen LogP contribution in [0, 0.1) is 0 Å². The Kier molecular flexibility index (Phi) is 5.32. The number of ether oxygens (including phenoxy) is 1. The van der Waals surface area contributed by atoms with Crippen LogP contribution in [0.3, 0.4) is 0 Å². The zero-order valence-electron chi connectivity index (χ0n) is 16.6. The predicted octanol–water partition coefficient (Wildman–Crippen LogP) is 4.63. The highest BCUT2D eigenvalue weighted by Gasteiger charge is 2.61. The van der Waals surface area contributed by atoms with Gasteiger partial charge in [-0.2, -0.15) is 18.3 Å². The van der Waals surface area contributed by atoms with Crippen LogP contribution >= 0.6 is 0 Å². The van der Waals surface area contributed by atoms with Gasteiger partial charge in [-0.25, -0.2) is 5.01 Å². The summed E-state index contributed by atoms with van der Waals surface area (Å²) in [7, 11) is 1.53. The maximum absolute atomic E-state index is 14.2. The molecule has 0 aromatic heterocycles. The maximum atomic E-state index is 14.2. The van der Waals surface area contributed by atoms with E-state index in [0.29, 0.717) is 22.0 Å². The molecule has 4 rings (SSSR count). The first-order chi connectivity index (χ1) is 14.8. The average molecular weight is 427 g/mol. The molecule has 0 bridgehead atoms. The highest BCUT2D eigenvalue weighted by Crippen LogP contribution is 2.41. The summed E-state index contributed by atoms with van der Waals surface area (Å²) in [4.78, 5) is 1.37. The molecule has 1 aliphatic heterocycles. The molecule has 1 aliphatic rings. The number of aliphatic hydroxyl groups is 1. The number of hydrogen-bond acceptors (Lipinski definition) is 5. The van der Waals surface area contributed by atoms with E-state index >= 15 is 0 Å². The number of hydrazone groups is 1. The van der Waals surface area contributed by atoms with Crippen molar-refractivity contribution in [2.45, 2.75) is 11.9 Å². The van der Waals surface area contributed by atoms with E-state index < -0.39 is 18.4 Å². The zero-order valence-corrected chi connectivity index (χ0v) is 16.6. The van der Waals surface area contributed by atoms with Gasteiger partial charge in [-0.1, -0.05) is 36.4 Å². The largest absolute Gasteiger partial charge is 0.497 e. The monoisotopic (exact) mass is 427 g/mol. The van der Waals surface area contributed by atoms with Gasteiger partial charge in [0.2, 0.25) is 0 Å². The van der Waals surface area contributed by atoms with E-state index in [4.69, 9.17) is 4.74 Å². The van der Waals surface area contributed by atoms with Gasteiger partial charge in [0.15, 0.2) is 5.84 Å². The normalized spacial score (nSPS) is 19.2. The van der Waals surface area contributed by atoms with Crippen LogP contribution < -0.4 is 14.6 Å². The van der Waals surface area contributed by atoms with Crippen LogP contribution in [0.4, 0.5) is 24.5 Å². The number of hydrogen-bond donors (Lipinski definition) is 1. The molecule has 0 aliphatic carbocycles. The summed E-state index contributed by atoms with van der Waals surface area (Å²) in [6.45, 7) is -0.764. The number of β-amino-alcohol motifs (C(OH)–C–C–N with tert-alkyl or cyclic N) is 1. The van der Waals surface area contributed by atoms with E-state index in [9.17, 15) is 18.3 Å². The first kappa shape index (κ1) is 20.7. The van der Waals surface area contributed by atoms with Crippen molar-refractivity contribution in [3.63, 3.8) is 0 Å². The van der Waals surface area contributed by atoms with Crippen molar-refractivity contribution in [1.82, 2.24) is 0 Å². The van der Waals surface area contributed by atoms with Crippen LogP contribution in [0.2, 0.25) is 0 Å². The van der Waals surface area contributed by atoms with Gasteiger partial charge in [0.05, 0.1) is 19.3 Å². The van der Waals surface area contributed by atoms with E-state index in [1.165, 1.54) is 24.1 Å². The summed E-state index contributed by atoms with van der Waals surface area (Å²) in [5, 5.41) is 15.9. The second-order valence-corrected chi connectivity index (χ2v) is 7.04. The molecular formula is C23H20F3N3O2. The van der Waals surface area contributed by atoms with Gasteiger partial charge >= 0.3 is 6.18 Å². The van der Waals surface area contributed by atoms with E-state index in [1.54, 1.807) is 72.8 Å². The third-order valence-electron chi connectivity index (χ3n) is 5.05. The third-order valence-corrected chi connectivity index (χ3v) is 5.05. The SMILES string of the molecule is COc1ccc(C2=NN(c3ccccc3)C(O)(C(F)(F)F)CN2c2ccccc2)cc1. The molecule has 1 atom stereocenters. The lowest BCUT2D eigenvalue weighted by molar-refractivity contribution is -0.256. The topological polar surface area (TPSA) is 48.3 Å². The second-order valence-electron chi connectivity index (χ2n) is 7.04. The molecule has 1 heterocycles. The maximum Gasteiger partial charge on any atom is 0.440 e. The van der Waals surface area contributed by atoms with Crippen LogP contribution in [-0.4, -0.2) is 36.5 Å². The Morgan fingerprint density at radius 2 is 1.42 bits per heavy atom. The zero-order chi connectivity index (χ0) is 22.1. The molecule has 8 heteroatoms. The molecule has 31 heavy (non-hydrogen) atoms. The fourth-order valence-corrected chi connectivity index (χ4v) is 3.42. The number of alkyl halides is 3. The van der Waals surface area contributed by atoms with Gasteiger partial charge in [-0.05, 0) is 48.5 Å². The summed E-state index contributed by atoms with van der Waals surface area (Å²) in [6, 6.07) is 23.2. The molecule has 0 amide bonds. The minimum Gasteiger partial charge on any atom is -0.497 e. The molecule has 0 saturated carbocycles. The second kappa shape index (κ2) is 7.96. The van der Waals surface area contributed by atoms with Crippen molar-refractivity contribution in [1.29, 1.82) is 0 Å². The molecule has 1 N–H and O–H groups in total. The van der Waals surface area contributed by atoms with Crippen molar-refractivity contribution >= 4 is 17.2 Å². The van der Waals surface area contributed by atoms with E-state index in [0.717, 1.165) is 0 Å². The molecule has 1 unspecified atom stereocenters. The fraction of sp³-hybridized carbons (Fsp3) is 0.174. The van der Waals surface area contributed by atoms with Crippen molar-refractivity contribution in [2.24, 2.45) is 5.10 Å². The Bertz CT molecular complexity index is 1060. The molecule has 0 saturated heterocycles. The van der Waals surface area contributed by atoms with Gasteiger partial charge in [0.25, 0.3) is 5.72 Å². The van der Waals surface area contributed by atoms with Crippen LogP contribution in [-0.2, 0) is 0 Å². The lowest BCUT2D eigenvalue weighted by Crippen LogP contribution is -2.67. The highest BCUT2D eigenvalue weighted by molar-refractivity contribution is 6.11. The number of amidine groups is 1. The number of halogens is 3. The van der Waals surface area contributed by atoms with E-state index in [1.807, 2.05) is 0 Å². The summed E-state index contributed by atoms with van der Waals surface area (Å²) in [5.41, 5.74) is -2.05. The molecule has 0 spiro atoms. The first-order valence-corrected chi connectivity index (χ1v) is 9.53. The van der Waals surface area contributed by atoms with Gasteiger partial charge in [-0.15, -0.1) is 0 Å². The summed E-state index contributed by atoms with van der Waals surface area (Å²) in [6.07, 6.45) is -4.97. The van der Waals surface area contributed by atoms with Gasteiger partial charge < -0.3 is 14.7 Å². The smallest absolute Gasteiger partial charge is 0.440 e. The lowest BCUT2D eigenvalue weighted by Gasteiger charge is -2.46. The minimum absolute atomic E-state index is 0.126. The lowest BCUT2D eigenvalue weighted by atomic mass is 10.1. The highest BCUT2D eigenvalue weighted by atomic mass is 19.4. The molecule has 5 nitrogen and oxygen atoms in total. The fourth-order valence-electron chi connectivity index (χ4n) is 3.42. The Hall–Kier alpha value is -3.52. The third kappa shape index (κ3) is 3.82. The van der Waals surface area contributed by atoms with Gasteiger partial charge in [0, 0.05) is 11.3 Å². The van der Waals surface area contributed by atoms with Crippen molar-refractivity contribution < 1.29 is 23.0 Å². The van der Waals surface area contributed by atoms with E-state index in [-0.39, 0.29) is 11.5 Å². The van der Waals surface area contributed by atoms with Crippen LogP contribution in [0.5, 0.6) is 5.75 Å². The average Bonchev–Trinajstić information content (AvgIpc) is 2.79. The Labute approximate surface area is 177 Å². The number of para-hydroxylation sites is 2. The van der Waals surface area contributed by atoms with Crippen LogP contribution in [0.15, 0.2) is 90.0 Å². The minimum atomic E-state index is -4.97. The van der Waals surface area contributed by atoms with Gasteiger partial charge in [0.1, 0.15) is 5.75 Å². The number of anilines is 2. The summed E-state index contributed by atoms with van der Waals surface area (Å²) in [5.74, 6) is 0.879. The molecule has 3 aromatic carbocycles. The van der Waals surface area contributed by atoms with Crippen molar-refractivity contribution in [2.75, 3.05) is 23.6 Å². The van der Waals surface area contributed by atoms with Crippen LogP contribution in [0.25, 0.3) is 0 Å². The Balaban J connectivity index is 1.92. The van der Waals surface area contributed by atoms with E-state index in [2.05, 4.69) is 5.10 Å². The number of methoxy groups -OCH3 is 1. The van der Waals surface area contributed by atoms with Crippen molar-refractivity contribution in [3.8, 4) is 5.75 Å². The van der Waals surface area contributed by atoms with Crippen LogP contribution in [0.1, 0.15) is 5.56 Å². The molecule has 0 radical (unpaired) electrons. The number of benzene rings is 3. The number of rotatable bonds is 4. The first-order valence-electron chi connectivity index (χ1n) is 9.53. The van der Waals surface area contributed by atoms with Gasteiger partial charge in [-0.3, -0.25) is 0 Å². The standard InChI is InChI=1S/C23H20F3N3O2/c1-31-20-14-12-17(13-15-20)21-27-29(19-10-6-3-7-11-19)22(30,23(24,25)26)16-28(21)18-8-4-2-5-9-18/h2-15,30H,16H2,1H3. The molecule has 160 valence electrons. The summed E-state index contributed by atoms with van der Waals surface area (Å²) < 4.78 is 47.7.